The normalized spacial score (nSPS) is 17.3. The number of hydrogen-bond donors (Lipinski definition) is 3. The van der Waals surface area contributed by atoms with Crippen LogP contribution in [0.3, 0.4) is 0 Å². The Kier molecular flexibility index (Phi) is 4.88. The maximum absolute atomic E-state index is 12.7. The molecule has 27 heavy (non-hydrogen) atoms. The Hall–Kier alpha value is -2.38. The molecule has 7 heteroatoms. The van der Waals surface area contributed by atoms with E-state index in [0.29, 0.717) is 5.56 Å². The molecule has 1 aromatic carbocycles. The Morgan fingerprint density at radius 2 is 2.30 bits per heavy atom. The number of rotatable bonds is 3. The molecule has 0 spiro atoms. The molecule has 1 aliphatic rings. The number of aryl methyl sites for hydroxylation is 1. The molecule has 1 fully saturated rings. The number of aromatic nitrogens is 2. The zero-order valence-corrected chi connectivity index (χ0v) is 16.7. The van der Waals surface area contributed by atoms with Gasteiger partial charge in [0.1, 0.15) is 5.65 Å². The van der Waals surface area contributed by atoms with Crippen LogP contribution >= 0.6 is 15.9 Å². The average molecular weight is 428 g/mol. The lowest BCUT2D eigenvalue weighted by molar-refractivity contribution is 0.102. The second kappa shape index (κ2) is 7.32. The van der Waals surface area contributed by atoms with E-state index >= 15 is 0 Å². The lowest BCUT2D eigenvalue weighted by Crippen LogP contribution is -2.43. The van der Waals surface area contributed by atoms with E-state index in [-0.39, 0.29) is 11.9 Å². The molecule has 3 aromatic rings. The zero-order valence-electron chi connectivity index (χ0n) is 15.1. The van der Waals surface area contributed by atoms with Gasteiger partial charge >= 0.3 is 0 Å². The molecule has 140 valence electrons. The first-order chi connectivity index (χ1) is 13.0. The summed E-state index contributed by atoms with van der Waals surface area (Å²) in [5.74, 6) is -0.138. The van der Waals surface area contributed by atoms with E-state index in [1.165, 1.54) is 0 Å². The molecule has 0 bridgehead atoms. The predicted molar refractivity (Wildman–Crippen MR) is 112 cm³/mol. The fraction of sp³-hybridized carbons (Fsp3) is 0.300. The molecule has 0 unspecified atom stereocenters. The van der Waals surface area contributed by atoms with Gasteiger partial charge in [0.05, 0.1) is 21.2 Å². The Morgan fingerprint density at radius 3 is 3.07 bits per heavy atom. The number of nitrogens with zero attached hydrogens (tertiary/aromatic N) is 2. The third kappa shape index (κ3) is 3.57. The van der Waals surface area contributed by atoms with Crippen molar-refractivity contribution in [2.45, 2.75) is 25.8 Å². The summed E-state index contributed by atoms with van der Waals surface area (Å²) in [6.45, 7) is 3.69. The third-order valence-corrected chi connectivity index (χ3v) is 5.51. The number of amides is 1. The highest BCUT2D eigenvalue weighted by Gasteiger charge is 2.24. The summed E-state index contributed by atoms with van der Waals surface area (Å²) in [5.41, 5.74) is 10.4. The van der Waals surface area contributed by atoms with Crippen molar-refractivity contribution in [3.05, 3.63) is 52.3 Å². The number of fused-ring (bicyclic) bond motifs is 1. The topological polar surface area (TPSA) is 87.0 Å². The number of halogens is 1. The lowest BCUT2D eigenvalue weighted by atomic mass is 10.1. The molecule has 1 amide bonds. The van der Waals surface area contributed by atoms with E-state index in [1.54, 1.807) is 12.4 Å². The van der Waals surface area contributed by atoms with Crippen LogP contribution in [0.5, 0.6) is 0 Å². The Morgan fingerprint density at radius 1 is 1.44 bits per heavy atom. The molecule has 0 saturated carbocycles. The van der Waals surface area contributed by atoms with Crippen molar-refractivity contribution < 1.29 is 4.79 Å². The van der Waals surface area contributed by atoms with Crippen LogP contribution in [0.2, 0.25) is 0 Å². The summed E-state index contributed by atoms with van der Waals surface area (Å²) < 4.78 is 0.898. The molecule has 0 aliphatic carbocycles. The van der Waals surface area contributed by atoms with Gasteiger partial charge in [-0.3, -0.25) is 4.79 Å². The Bertz CT molecular complexity index is 999. The smallest absolute Gasteiger partial charge is 0.255 e. The van der Waals surface area contributed by atoms with Crippen LogP contribution in [0.25, 0.3) is 11.0 Å². The minimum absolute atomic E-state index is 0.138. The van der Waals surface area contributed by atoms with Gasteiger partial charge in [-0.25, -0.2) is 4.98 Å². The average Bonchev–Trinajstić information content (AvgIpc) is 3.04. The van der Waals surface area contributed by atoms with Crippen LogP contribution in [-0.2, 0) is 0 Å². The van der Waals surface area contributed by atoms with Crippen LogP contribution in [-0.4, -0.2) is 35.0 Å². The number of nitrogens with two attached hydrogens (primary N) is 1. The highest BCUT2D eigenvalue weighted by molar-refractivity contribution is 9.10. The number of piperidine rings is 1. The molecule has 3 heterocycles. The van der Waals surface area contributed by atoms with E-state index in [1.807, 2.05) is 31.2 Å². The minimum atomic E-state index is -0.138. The number of aromatic amines is 1. The summed E-state index contributed by atoms with van der Waals surface area (Å²) in [6.07, 6.45) is 5.67. The molecule has 1 atom stereocenters. The number of hydrogen-bond acceptors (Lipinski definition) is 4. The van der Waals surface area contributed by atoms with Crippen LogP contribution in [0.1, 0.15) is 28.8 Å². The van der Waals surface area contributed by atoms with E-state index in [4.69, 9.17) is 5.73 Å². The van der Waals surface area contributed by atoms with Gasteiger partial charge in [-0.05, 0) is 47.8 Å². The monoisotopic (exact) mass is 427 g/mol. The van der Waals surface area contributed by atoms with Gasteiger partial charge in [-0.2, -0.15) is 0 Å². The predicted octanol–water partition coefficient (Wildman–Crippen LogP) is 3.81. The maximum Gasteiger partial charge on any atom is 0.255 e. The Labute approximate surface area is 166 Å². The van der Waals surface area contributed by atoms with E-state index in [2.05, 4.69) is 36.1 Å². The van der Waals surface area contributed by atoms with Crippen molar-refractivity contribution in [2.75, 3.05) is 23.3 Å². The molecular weight excluding hydrogens is 406 g/mol. The van der Waals surface area contributed by atoms with Gasteiger partial charge in [-0.1, -0.05) is 17.7 Å². The van der Waals surface area contributed by atoms with Crippen molar-refractivity contribution >= 4 is 44.2 Å². The van der Waals surface area contributed by atoms with E-state index in [9.17, 15) is 4.79 Å². The molecule has 6 nitrogen and oxygen atoms in total. The first-order valence-electron chi connectivity index (χ1n) is 9.07. The molecule has 4 N–H and O–H groups in total. The third-order valence-electron chi connectivity index (χ3n) is 4.93. The van der Waals surface area contributed by atoms with Gasteiger partial charge in [0, 0.05) is 37.1 Å². The van der Waals surface area contributed by atoms with Crippen molar-refractivity contribution in [1.29, 1.82) is 0 Å². The fourth-order valence-corrected chi connectivity index (χ4v) is 4.21. The van der Waals surface area contributed by atoms with Crippen LogP contribution in [0, 0.1) is 6.92 Å². The lowest BCUT2D eigenvalue weighted by Gasteiger charge is -2.33. The molecule has 1 aliphatic heterocycles. The molecule has 4 rings (SSSR count). The largest absolute Gasteiger partial charge is 0.368 e. The summed E-state index contributed by atoms with van der Waals surface area (Å²) >= 11 is 3.64. The van der Waals surface area contributed by atoms with Gasteiger partial charge in [0.25, 0.3) is 5.91 Å². The summed E-state index contributed by atoms with van der Waals surface area (Å²) in [7, 11) is 0. The number of H-pyrrole nitrogens is 1. The van der Waals surface area contributed by atoms with E-state index in [0.717, 1.165) is 58.4 Å². The highest BCUT2D eigenvalue weighted by atomic mass is 79.9. The standard InChI is InChI=1S/C20H22BrN5O/c1-12-4-2-5-13(8-12)20(27)25-16-10-24-19-17(16)18(15(21)9-23-19)26-7-3-6-14(22)11-26/h2,4-5,8-10,14H,3,6-7,11,22H2,1H3,(H,23,24)(H,25,27)/t14-/m1/s1. The SMILES string of the molecule is Cc1cccc(C(=O)Nc2c[nH]c3ncc(Br)c(N4CCC[C@@H](N)C4)c23)c1. The van der Waals surface area contributed by atoms with Crippen LogP contribution < -0.4 is 16.0 Å². The summed E-state index contributed by atoms with van der Waals surface area (Å²) in [5, 5.41) is 3.94. The van der Waals surface area contributed by atoms with Gasteiger partial charge in [0.15, 0.2) is 0 Å². The quantitative estimate of drug-likeness (QED) is 0.592. The number of pyridine rings is 1. The van der Waals surface area contributed by atoms with Crippen LogP contribution in [0.4, 0.5) is 11.4 Å². The number of anilines is 2. The number of nitrogens with one attached hydrogen (secondary N) is 2. The van der Waals surface area contributed by atoms with Gasteiger partial charge < -0.3 is 20.9 Å². The van der Waals surface area contributed by atoms with Crippen molar-refractivity contribution in [1.82, 2.24) is 9.97 Å². The zero-order chi connectivity index (χ0) is 19.0. The number of carbonyl (C=O) groups is 1. The second-order valence-corrected chi connectivity index (χ2v) is 7.91. The molecule has 1 saturated heterocycles. The number of benzene rings is 1. The second-order valence-electron chi connectivity index (χ2n) is 7.05. The maximum atomic E-state index is 12.7. The summed E-state index contributed by atoms with van der Waals surface area (Å²) in [6, 6.07) is 7.70. The highest BCUT2D eigenvalue weighted by Crippen LogP contribution is 2.38. The van der Waals surface area contributed by atoms with Crippen molar-refractivity contribution in [3.8, 4) is 0 Å². The van der Waals surface area contributed by atoms with E-state index < -0.39 is 0 Å². The first-order valence-corrected chi connectivity index (χ1v) is 9.86. The summed E-state index contributed by atoms with van der Waals surface area (Å²) in [4.78, 5) is 22.6. The fourth-order valence-electron chi connectivity index (χ4n) is 3.66. The van der Waals surface area contributed by atoms with Crippen molar-refractivity contribution in [2.24, 2.45) is 5.73 Å². The first kappa shape index (κ1) is 18.0. The Balaban J connectivity index is 1.73. The van der Waals surface area contributed by atoms with Crippen LogP contribution in [0.15, 0.2) is 41.1 Å². The minimum Gasteiger partial charge on any atom is -0.368 e. The van der Waals surface area contributed by atoms with Gasteiger partial charge in [-0.15, -0.1) is 0 Å². The molecular formula is C20H22BrN5O. The van der Waals surface area contributed by atoms with Gasteiger partial charge in [0.2, 0.25) is 0 Å². The number of carbonyl (C=O) groups excluding carboxylic acids is 1. The molecule has 2 aromatic heterocycles. The van der Waals surface area contributed by atoms with Crippen molar-refractivity contribution in [3.63, 3.8) is 0 Å². The molecule has 0 radical (unpaired) electrons.